The first-order valence-corrected chi connectivity index (χ1v) is 3.93. The summed E-state index contributed by atoms with van der Waals surface area (Å²) in [6.07, 6.45) is -0.199. The van der Waals surface area contributed by atoms with Gasteiger partial charge in [-0.05, 0) is 5.41 Å². The number of hydrogen-bond donors (Lipinski definition) is 2. The Morgan fingerprint density at radius 2 is 1.83 bits per heavy atom. The summed E-state index contributed by atoms with van der Waals surface area (Å²) in [6.45, 7) is 6.23. The molecule has 0 aliphatic heterocycles. The van der Waals surface area contributed by atoms with Gasteiger partial charge in [0.2, 0.25) is 0 Å². The largest absolute Gasteiger partial charge is 0.435 e. The quantitative estimate of drug-likeness (QED) is 0.522. The molecule has 6 heteroatoms. The van der Waals surface area contributed by atoms with Crippen LogP contribution in [-0.4, -0.2) is 38.1 Å². The van der Waals surface area contributed by atoms with Crippen LogP contribution < -0.4 is 0 Å². The van der Waals surface area contributed by atoms with Crippen molar-refractivity contribution >= 4 is 15.4 Å². The molecule has 12 heavy (non-hydrogen) atoms. The van der Waals surface area contributed by atoms with Crippen LogP contribution in [0.4, 0.5) is 0 Å². The lowest BCUT2D eigenvalue weighted by Crippen LogP contribution is -2.35. The maximum atomic E-state index is 8.56. The smallest absolute Gasteiger partial charge is 0.430 e. The van der Waals surface area contributed by atoms with Crippen molar-refractivity contribution in [2.24, 2.45) is 5.41 Å². The minimum Gasteiger partial charge on any atom is -0.430 e. The van der Waals surface area contributed by atoms with Crippen molar-refractivity contribution in [1.82, 2.24) is 0 Å². The average Bonchev–Trinajstić information content (AvgIpc) is 1.95. The van der Waals surface area contributed by atoms with Gasteiger partial charge in [-0.1, -0.05) is 20.8 Å². The Kier molecular flexibility index (Phi) is 5.57. The Bertz CT molecular complexity index is 115. The van der Waals surface area contributed by atoms with Crippen LogP contribution >= 0.6 is 0 Å². The van der Waals surface area contributed by atoms with Gasteiger partial charge in [-0.2, -0.15) is 0 Å². The first kappa shape index (κ1) is 12.0. The van der Waals surface area contributed by atoms with Gasteiger partial charge < -0.3 is 19.4 Å². The van der Waals surface area contributed by atoms with E-state index in [-0.39, 0.29) is 26.9 Å². The second-order valence-corrected chi connectivity index (χ2v) is 3.65. The molecule has 0 radical (unpaired) electrons. The molecule has 0 heterocycles. The standard InChI is InChI=1S/C6H16B2O4/c1-6(2,3)5(12-8-10)4-11-7-9/h5,7-10H,4H2,1-3H3. The summed E-state index contributed by atoms with van der Waals surface area (Å²) in [5.74, 6) is 0. The number of hydrogen-bond acceptors (Lipinski definition) is 4. The fraction of sp³-hybridized carbons (Fsp3) is 1.00. The summed E-state index contributed by atoms with van der Waals surface area (Å²) in [4.78, 5) is 0. The fourth-order valence-electron chi connectivity index (χ4n) is 0.798. The highest BCUT2D eigenvalue weighted by molar-refractivity contribution is 6.16. The zero-order valence-corrected chi connectivity index (χ0v) is 7.91. The summed E-state index contributed by atoms with van der Waals surface area (Å²) >= 11 is 0. The first-order chi connectivity index (χ1) is 5.52. The van der Waals surface area contributed by atoms with Gasteiger partial charge in [-0.25, -0.2) is 0 Å². The molecule has 0 aromatic carbocycles. The zero-order valence-electron chi connectivity index (χ0n) is 7.91. The molecule has 0 bridgehead atoms. The molecule has 0 aliphatic rings. The molecule has 0 fully saturated rings. The Morgan fingerprint density at radius 1 is 1.25 bits per heavy atom. The van der Waals surface area contributed by atoms with E-state index in [2.05, 4.69) is 0 Å². The summed E-state index contributed by atoms with van der Waals surface area (Å²) in [7, 11) is -0.641. The molecule has 0 aromatic heterocycles. The van der Waals surface area contributed by atoms with Crippen LogP contribution in [0.15, 0.2) is 0 Å². The predicted molar refractivity (Wildman–Crippen MR) is 49.0 cm³/mol. The van der Waals surface area contributed by atoms with Gasteiger partial charge in [-0.15, -0.1) is 0 Å². The molecule has 4 nitrogen and oxygen atoms in total. The molecular formula is C6H16B2O4. The summed E-state index contributed by atoms with van der Waals surface area (Å²) in [5, 5.41) is 17.0. The number of rotatable bonds is 5. The van der Waals surface area contributed by atoms with Gasteiger partial charge >= 0.3 is 15.4 Å². The summed E-state index contributed by atoms with van der Waals surface area (Å²) in [6, 6.07) is 0. The Labute approximate surface area is 74.5 Å². The van der Waals surface area contributed by atoms with Crippen molar-refractivity contribution in [2.45, 2.75) is 26.9 Å². The van der Waals surface area contributed by atoms with E-state index < -0.39 is 0 Å². The molecule has 0 saturated heterocycles. The lowest BCUT2D eigenvalue weighted by atomic mass is 9.89. The van der Waals surface area contributed by atoms with Gasteiger partial charge in [0.1, 0.15) is 0 Å². The van der Waals surface area contributed by atoms with Gasteiger partial charge in [0.15, 0.2) is 0 Å². The molecule has 70 valence electrons. The van der Waals surface area contributed by atoms with Gasteiger partial charge in [0, 0.05) is 0 Å². The maximum absolute atomic E-state index is 8.56. The van der Waals surface area contributed by atoms with E-state index in [9.17, 15) is 0 Å². The monoisotopic (exact) mass is 174 g/mol. The molecule has 2 N–H and O–H groups in total. The van der Waals surface area contributed by atoms with Crippen LogP contribution in [0, 0.1) is 5.41 Å². The van der Waals surface area contributed by atoms with Gasteiger partial charge in [-0.3, -0.25) is 0 Å². The molecule has 0 aromatic rings. The van der Waals surface area contributed by atoms with E-state index in [4.69, 9.17) is 19.4 Å². The molecule has 0 saturated carbocycles. The Morgan fingerprint density at radius 3 is 2.17 bits per heavy atom. The highest BCUT2D eigenvalue weighted by Crippen LogP contribution is 2.21. The topological polar surface area (TPSA) is 58.9 Å². The minimum atomic E-state index is -0.323. The molecule has 0 rings (SSSR count). The Hall–Kier alpha value is -0.0301. The van der Waals surface area contributed by atoms with Crippen LogP contribution in [0.3, 0.4) is 0 Å². The molecule has 1 atom stereocenters. The van der Waals surface area contributed by atoms with Crippen LogP contribution in [0.5, 0.6) is 0 Å². The maximum Gasteiger partial charge on any atom is 0.435 e. The van der Waals surface area contributed by atoms with Crippen LogP contribution in [0.2, 0.25) is 0 Å². The average molecular weight is 174 g/mol. The van der Waals surface area contributed by atoms with Gasteiger partial charge in [0.25, 0.3) is 0 Å². The third-order valence-corrected chi connectivity index (χ3v) is 1.60. The predicted octanol–water partition coefficient (Wildman–Crippen LogP) is -1.05. The highest BCUT2D eigenvalue weighted by Gasteiger charge is 2.24. The molecular weight excluding hydrogens is 158 g/mol. The van der Waals surface area contributed by atoms with E-state index in [1.165, 1.54) is 0 Å². The Balaban J connectivity index is 3.86. The molecule has 1 unspecified atom stereocenters. The van der Waals surface area contributed by atoms with E-state index in [0.717, 1.165) is 0 Å². The normalized spacial score (nSPS) is 14.1. The zero-order chi connectivity index (χ0) is 9.61. The lowest BCUT2D eigenvalue weighted by molar-refractivity contribution is 0.0308. The third kappa shape index (κ3) is 4.77. The molecule has 0 spiro atoms. The SMILES string of the molecule is CC(C)(C)C(COBO)OBO. The highest BCUT2D eigenvalue weighted by atomic mass is 16.6. The van der Waals surface area contributed by atoms with Crippen molar-refractivity contribution in [1.29, 1.82) is 0 Å². The van der Waals surface area contributed by atoms with Crippen molar-refractivity contribution in [3.05, 3.63) is 0 Å². The summed E-state index contributed by atoms with van der Waals surface area (Å²) < 4.78 is 9.82. The molecule has 0 aliphatic carbocycles. The summed E-state index contributed by atoms with van der Waals surface area (Å²) in [5.41, 5.74) is -0.0993. The fourth-order valence-corrected chi connectivity index (χ4v) is 0.798. The second-order valence-electron chi connectivity index (χ2n) is 3.65. The molecule has 0 amide bonds. The van der Waals surface area contributed by atoms with Gasteiger partial charge in [0.05, 0.1) is 12.7 Å². The van der Waals surface area contributed by atoms with E-state index in [1.807, 2.05) is 20.8 Å². The van der Waals surface area contributed by atoms with Crippen LogP contribution in [0.1, 0.15) is 20.8 Å². The van der Waals surface area contributed by atoms with Crippen LogP contribution in [0.25, 0.3) is 0 Å². The third-order valence-electron chi connectivity index (χ3n) is 1.60. The first-order valence-electron chi connectivity index (χ1n) is 3.93. The van der Waals surface area contributed by atoms with E-state index in [1.54, 1.807) is 0 Å². The second kappa shape index (κ2) is 5.59. The lowest BCUT2D eigenvalue weighted by Gasteiger charge is -2.29. The van der Waals surface area contributed by atoms with Crippen molar-refractivity contribution in [3.8, 4) is 0 Å². The van der Waals surface area contributed by atoms with Crippen LogP contribution in [-0.2, 0) is 9.31 Å². The van der Waals surface area contributed by atoms with Crippen molar-refractivity contribution in [3.63, 3.8) is 0 Å². The minimum absolute atomic E-state index is 0.0993. The van der Waals surface area contributed by atoms with Crippen molar-refractivity contribution in [2.75, 3.05) is 6.61 Å². The van der Waals surface area contributed by atoms with E-state index in [0.29, 0.717) is 6.61 Å². The van der Waals surface area contributed by atoms with Crippen molar-refractivity contribution < 1.29 is 19.4 Å². The van der Waals surface area contributed by atoms with E-state index >= 15 is 0 Å².